The molecule has 0 unspecified atom stereocenters. The Morgan fingerprint density at radius 2 is 2.11 bits per heavy atom. The van der Waals surface area contributed by atoms with Gasteiger partial charge in [0.1, 0.15) is 12.4 Å². The SMILES string of the molecule is OCC#Cc1ccc(CSCC2CCCC2)c(F)c1. The number of thioether (sulfide) groups is 1. The standard InChI is InChI=1S/C16H19FOS/c17-16-10-13(6-3-9-18)7-8-15(16)12-19-11-14-4-1-2-5-14/h7-8,10,14,18H,1-2,4-5,9,11-12H2. The molecule has 0 aliphatic heterocycles. The average Bonchev–Trinajstić information content (AvgIpc) is 2.92. The molecule has 1 aromatic carbocycles. The van der Waals surface area contributed by atoms with Gasteiger partial charge < -0.3 is 5.11 Å². The quantitative estimate of drug-likeness (QED) is 0.849. The van der Waals surface area contributed by atoms with Gasteiger partial charge in [-0.15, -0.1) is 0 Å². The monoisotopic (exact) mass is 278 g/mol. The van der Waals surface area contributed by atoms with Gasteiger partial charge in [-0.3, -0.25) is 0 Å². The van der Waals surface area contributed by atoms with Crippen LogP contribution in [-0.4, -0.2) is 17.5 Å². The van der Waals surface area contributed by atoms with Crippen LogP contribution in [0.15, 0.2) is 18.2 Å². The van der Waals surface area contributed by atoms with Crippen molar-refractivity contribution in [3.63, 3.8) is 0 Å². The summed E-state index contributed by atoms with van der Waals surface area (Å²) in [6, 6.07) is 5.07. The fourth-order valence-corrected chi connectivity index (χ4v) is 3.63. The van der Waals surface area contributed by atoms with Gasteiger partial charge in [-0.1, -0.05) is 30.7 Å². The van der Waals surface area contributed by atoms with Crippen LogP contribution in [0.5, 0.6) is 0 Å². The van der Waals surface area contributed by atoms with E-state index in [0.29, 0.717) is 5.56 Å². The first kappa shape index (κ1) is 14.4. The van der Waals surface area contributed by atoms with Crippen molar-refractivity contribution in [1.29, 1.82) is 0 Å². The van der Waals surface area contributed by atoms with Crippen LogP contribution in [0.1, 0.15) is 36.8 Å². The minimum atomic E-state index is -0.194. The van der Waals surface area contributed by atoms with Crippen LogP contribution >= 0.6 is 11.8 Å². The second kappa shape index (κ2) is 7.57. The Morgan fingerprint density at radius 3 is 2.79 bits per heavy atom. The molecule has 1 nitrogen and oxygen atoms in total. The van der Waals surface area contributed by atoms with Crippen LogP contribution in [0.3, 0.4) is 0 Å². The second-order valence-corrected chi connectivity index (χ2v) is 5.96. The van der Waals surface area contributed by atoms with Crippen LogP contribution in [0, 0.1) is 23.6 Å². The first-order valence-corrected chi connectivity index (χ1v) is 7.91. The maximum Gasteiger partial charge on any atom is 0.128 e. The summed E-state index contributed by atoms with van der Waals surface area (Å²) in [7, 11) is 0. The lowest BCUT2D eigenvalue weighted by atomic mass is 10.1. The maximum absolute atomic E-state index is 13.8. The van der Waals surface area contributed by atoms with E-state index in [9.17, 15) is 4.39 Å². The highest BCUT2D eigenvalue weighted by atomic mass is 32.2. The van der Waals surface area contributed by atoms with E-state index in [1.54, 1.807) is 6.07 Å². The lowest BCUT2D eigenvalue weighted by Crippen LogP contribution is -1.98. The summed E-state index contributed by atoms with van der Waals surface area (Å²) < 4.78 is 13.8. The van der Waals surface area contributed by atoms with Gasteiger partial charge in [0.15, 0.2) is 0 Å². The van der Waals surface area contributed by atoms with Crippen LogP contribution < -0.4 is 0 Å². The van der Waals surface area contributed by atoms with Crippen molar-refractivity contribution in [1.82, 2.24) is 0 Å². The molecule has 0 amide bonds. The Bertz CT molecular complexity index is 469. The number of hydrogen-bond donors (Lipinski definition) is 1. The maximum atomic E-state index is 13.8. The largest absolute Gasteiger partial charge is 0.384 e. The zero-order chi connectivity index (χ0) is 13.5. The predicted octanol–water partition coefficient (Wildman–Crippen LogP) is 3.59. The summed E-state index contributed by atoms with van der Waals surface area (Å²) in [6.45, 7) is -0.194. The molecule has 3 heteroatoms. The summed E-state index contributed by atoms with van der Waals surface area (Å²) in [4.78, 5) is 0. The minimum Gasteiger partial charge on any atom is -0.384 e. The number of rotatable bonds is 4. The minimum absolute atomic E-state index is 0.191. The van der Waals surface area contributed by atoms with Crippen LogP contribution in [0.2, 0.25) is 0 Å². The van der Waals surface area contributed by atoms with Gasteiger partial charge in [0.25, 0.3) is 0 Å². The smallest absolute Gasteiger partial charge is 0.128 e. The lowest BCUT2D eigenvalue weighted by Gasteiger charge is -2.08. The molecule has 19 heavy (non-hydrogen) atoms. The molecule has 102 valence electrons. The molecule has 0 aromatic heterocycles. The van der Waals surface area contributed by atoms with Crippen molar-refractivity contribution in [3.8, 4) is 11.8 Å². The molecule has 1 N–H and O–H groups in total. The zero-order valence-corrected chi connectivity index (χ0v) is 11.8. The van der Waals surface area contributed by atoms with Gasteiger partial charge in [-0.25, -0.2) is 4.39 Å². The molecule has 1 aliphatic carbocycles. The summed E-state index contributed by atoms with van der Waals surface area (Å²) in [5, 5.41) is 8.60. The van der Waals surface area contributed by atoms with Crippen molar-refractivity contribution >= 4 is 11.8 Å². The Labute approximate surface area is 118 Å². The summed E-state index contributed by atoms with van der Waals surface area (Å²) in [5.74, 6) is 7.76. The van der Waals surface area contributed by atoms with E-state index in [4.69, 9.17) is 5.11 Å². The number of halogens is 1. The number of benzene rings is 1. The number of hydrogen-bond acceptors (Lipinski definition) is 2. The Balaban J connectivity index is 1.86. The highest BCUT2D eigenvalue weighted by molar-refractivity contribution is 7.98. The van der Waals surface area contributed by atoms with E-state index in [0.717, 1.165) is 23.0 Å². The highest BCUT2D eigenvalue weighted by Gasteiger charge is 2.14. The molecule has 1 aliphatic rings. The molecule has 0 spiro atoms. The predicted molar refractivity (Wildman–Crippen MR) is 78.5 cm³/mol. The summed E-state index contributed by atoms with van der Waals surface area (Å²) in [6.07, 6.45) is 5.39. The van der Waals surface area contributed by atoms with Gasteiger partial charge in [0.2, 0.25) is 0 Å². The summed E-state index contributed by atoms with van der Waals surface area (Å²) in [5.41, 5.74) is 1.37. The Morgan fingerprint density at radius 1 is 1.32 bits per heavy atom. The van der Waals surface area contributed by atoms with Crippen LogP contribution in [-0.2, 0) is 5.75 Å². The molecule has 1 fully saturated rings. The van der Waals surface area contributed by atoms with Crippen molar-refractivity contribution in [2.45, 2.75) is 31.4 Å². The fraction of sp³-hybridized carbons (Fsp3) is 0.500. The second-order valence-electron chi connectivity index (χ2n) is 4.93. The first-order valence-electron chi connectivity index (χ1n) is 6.75. The molecular weight excluding hydrogens is 259 g/mol. The number of aliphatic hydroxyl groups excluding tert-OH is 1. The highest BCUT2D eigenvalue weighted by Crippen LogP contribution is 2.29. The Hall–Kier alpha value is -0.980. The third kappa shape index (κ3) is 4.56. The molecular formula is C16H19FOS. The molecule has 1 saturated carbocycles. The van der Waals surface area contributed by atoms with E-state index in [2.05, 4.69) is 11.8 Å². The van der Waals surface area contributed by atoms with E-state index in [1.165, 1.54) is 31.7 Å². The van der Waals surface area contributed by atoms with Gasteiger partial charge >= 0.3 is 0 Å². The molecule has 2 rings (SSSR count). The topological polar surface area (TPSA) is 20.2 Å². The van der Waals surface area contributed by atoms with Crippen molar-refractivity contribution in [3.05, 3.63) is 35.1 Å². The lowest BCUT2D eigenvalue weighted by molar-refractivity contribution is 0.350. The van der Waals surface area contributed by atoms with E-state index < -0.39 is 0 Å². The van der Waals surface area contributed by atoms with Crippen molar-refractivity contribution < 1.29 is 9.50 Å². The third-order valence-electron chi connectivity index (χ3n) is 3.45. The fourth-order valence-electron chi connectivity index (χ4n) is 2.40. The Kier molecular flexibility index (Phi) is 5.75. The van der Waals surface area contributed by atoms with Crippen molar-refractivity contribution in [2.24, 2.45) is 5.92 Å². The van der Waals surface area contributed by atoms with Crippen LogP contribution in [0.4, 0.5) is 4.39 Å². The number of aliphatic hydroxyl groups is 1. The van der Waals surface area contributed by atoms with E-state index in [-0.39, 0.29) is 12.4 Å². The molecule has 0 saturated heterocycles. The van der Waals surface area contributed by atoms with Gasteiger partial charge in [-0.2, -0.15) is 11.8 Å². The average molecular weight is 278 g/mol. The molecule has 0 atom stereocenters. The molecule has 0 bridgehead atoms. The van der Waals surface area contributed by atoms with Crippen LogP contribution in [0.25, 0.3) is 0 Å². The third-order valence-corrected chi connectivity index (χ3v) is 4.67. The zero-order valence-electron chi connectivity index (χ0n) is 11.0. The molecule has 1 aromatic rings. The van der Waals surface area contributed by atoms with Gasteiger partial charge in [0.05, 0.1) is 0 Å². The van der Waals surface area contributed by atoms with E-state index in [1.807, 2.05) is 17.8 Å². The molecule has 0 radical (unpaired) electrons. The van der Waals surface area contributed by atoms with Gasteiger partial charge in [-0.05, 0) is 42.2 Å². The first-order chi connectivity index (χ1) is 9.29. The summed E-state index contributed by atoms with van der Waals surface area (Å²) >= 11 is 1.83. The molecule has 0 heterocycles. The normalized spacial score (nSPS) is 15.3. The van der Waals surface area contributed by atoms with E-state index >= 15 is 0 Å². The van der Waals surface area contributed by atoms with Crippen molar-refractivity contribution in [2.75, 3.05) is 12.4 Å². The van der Waals surface area contributed by atoms with Gasteiger partial charge in [0, 0.05) is 11.3 Å².